The molecule has 1 N–H and O–H groups in total. The van der Waals surface area contributed by atoms with E-state index in [-0.39, 0.29) is 21.3 Å². The second-order valence-electron chi connectivity index (χ2n) is 8.01. The van der Waals surface area contributed by atoms with Crippen molar-refractivity contribution in [3.63, 3.8) is 0 Å². The smallest absolute Gasteiger partial charge is 0.293 e. The Morgan fingerprint density at radius 1 is 0.921 bits per heavy atom. The normalized spacial score (nSPS) is 9.24. The van der Waals surface area contributed by atoms with Crippen molar-refractivity contribution in [1.29, 1.82) is 0 Å². The molecular formula is C31H46N2O5. The van der Waals surface area contributed by atoms with Gasteiger partial charge in [0, 0.05) is 26.6 Å². The fraction of sp³-hybridized carbons (Fsp3) is 0.355. The first-order valence-corrected chi connectivity index (χ1v) is 12.3. The highest BCUT2D eigenvalue weighted by molar-refractivity contribution is 5.94. The van der Waals surface area contributed by atoms with E-state index in [0.717, 1.165) is 23.4 Å². The van der Waals surface area contributed by atoms with Gasteiger partial charge in [-0.1, -0.05) is 68.8 Å². The molecule has 3 rings (SSSR count). The number of nitrogens with zero attached hydrogens (tertiary/aromatic N) is 1. The molecule has 3 aromatic carbocycles. The van der Waals surface area contributed by atoms with Crippen molar-refractivity contribution in [2.75, 3.05) is 44.6 Å². The molecule has 7 nitrogen and oxygen atoms in total. The molecule has 7 heteroatoms. The van der Waals surface area contributed by atoms with Crippen LogP contribution >= 0.6 is 0 Å². The summed E-state index contributed by atoms with van der Waals surface area (Å²) in [5.74, 6) is 1.31. The van der Waals surface area contributed by atoms with Gasteiger partial charge >= 0.3 is 0 Å². The van der Waals surface area contributed by atoms with E-state index in [2.05, 4.69) is 22.2 Å². The van der Waals surface area contributed by atoms with Crippen LogP contribution in [-0.2, 0) is 20.7 Å². The molecule has 0 aliphatic heterocycles. The zero-order valence-corrected chi connectivity index (χ0v) is 23.0. The summed E-state index contributed by atoms with van der Waals surface area (Å²) in [5.41, 5.74) is 5.18. The van der Waals surface area contributed by atoms with Gasteiger partial charge in [0.2, 0.25) is 5.91 Å². The van der Waals surface area contributed by atoms with Crippen LogP contribution in [0.25, 0.3) is 0 Å². The van der Waals surface area contributed by atoms with E-state index in [0.29, 0.717) is 24.6 Å². The van der Waals surface area contributed by atoms with Gasteiger partial charge in [0.1, 0.15) is 11.5 Å². The average molecular weight is 527 g/mol. The molecule has 0 atom stereocenters. The van der Waals surface area contributed by atoms with Crippen LogP contribution in [0.2, 0.25) is 0 Å². The summed E-state index contributed by atoms with van der Waals surface area (Å²) >= 11 is 0. The molecule has 0 bridgehead atoms. The van der Waals surface area contributed by atoms with Crippen molar-refractivity contribution in [2.24, 2.45) is 0 Å². The molecule has 0 spiro atoms. The van der Waals surface area contributed by atoms with Gasteiger partial charge in [-0.05, 0) is 43.7 Å². The first kappa shape index (κ1) is 34.0. The summed E-state index contributed by atoms with van der Waals surface area (Å²) in [5, 5.41) is 2.88. The lowest BCUT2D eigenvalue weighted by atomic mass is 10.1. The largest absolute Gasteiger partial charge is 0.497 e. The Morgan fingerprint density at radius 3 is 2.03 bits per heavy atom. The third kappa shape index (κ3) is 12.3. The first-order valence-electron chi connectivity index (χ1n) is 12.3. The molecular weight excluding hydrogens is 480 g/mol. The van der Waals surface area contributed by atoms with Gasteiger partial charge in [-0.3, -0.25) is 9.59 Å². The number of hydrogen-bond acceptors (Lipinski definition) is 6. The first-order chi connectivity index (χ1) is 17.9. The van der Waals surface area contributed by atoms with E-state index in [4.69, 9.17) is 9.47 Å². The predicted octanol–water partition coefficient (Wildman–Crippen LogP) is 6.71. The summed E-state index contributed by atoms with van der Waals surface area (Å²) in [6.07, 6.45) is 0.791. The quantitative estimate of drug-likeness (QED) is 0.234. The van der Waals surface area contributed by atoms with Gasteiger partial charge in [-0.15, -0.1) is 0 Å². The molecule has 38 heavy (non-hydrogen) atoms. The number of likely N-dealkylation sites (N-methyl/N-ethyl adjacent to an activating group) is 1. The second-order valence-corrected chi connectivity index (χ2v) is 8.01. The number of anilines is 2. The zero-order valence-electron chi connectivity index (χ0n) is 23.0. The number of hydrogen-bond donors (Lipinski definition) is 1. The van der Waals surface area contributed by atoms with Crippen molar-refractivity contribution in [3.05, 3.63) is 83.4 Å². The Morgan fingerprint density at radius 2 is 1.50 bits per heavy atom. The van der Waals surface area contributed by atoms with Crippen LogP contribution in [-0.4, -0.2) is 46.8 Å². The molecule has 0 fully saturated rings. The zero-order chi connectivity index (χ0) is 27.6. The van der Waals surface area contributed by atoms with Crippen LogP contribution < -0.4 is 19.7 Å². The predicted molar refractivity (Wildman–Crippen MR) is 160 cm³/mol. The molecule has 0 saturated heterocycles. The minimum absolute atomic E-state index is 0. The fourth-order valence-corrected chi connectivity index (χ4v) is 3.21. The molecule has 0 aliphatic rings. The topological polar surface area (TPSA) is 77.1 Å². The van der Waals surface area contributed by atoms with Gasteiger partial charge < -0.3 is 24.4 Å². The summed E-state index contributed by atoms with van der Waals surface area (Å²) in [6.45, 7) is 9.21. The molecule has 0 unspecified atom stereocenters. The minimum atomic E-state index is -0.0961. The summed E-state index contributed by atoms with van der Waals surface area (Å²) in [7, 11) is 5.05. The lowest BCUT2D eigenvalue weighted by molar-refractivity contribution is -0.128. The standard InChI is InChI=1S/C18H22N2O3.C10H12O2.C2H6.CH4.H2/c1-13-5-7-14(8-6-13)19-18(21)12-20(2)16-11-15(22-3)9-10-17(16)23-4;1-9-2-4-10(5-3-9)6-7-12-8-11;1-2;;/h5-11H,12H2,1-4H3,(H,19,21);2-5,8H,6-7H2,1H3;1-2H3;1H4;1H. The number of ether oxygens (including phenoxy) is 3. The number of carbonyl (C=O) groups excluding carboxylic acids is 2. The van der Waals surface area contributed by atoms with Gasteiger partial charge in [0.15, 0.2) is 0 Å². The number of methoxy groups -OCH3 is 2. The lowest BCUT2D eigenvalue weighted by Crippen LogP contribution is -2.30. The van der Waals surface area contributed by atoms with Crippen molar-refractivity contribution in [3.8, 4) is 11.5 Å². The number of rotatable bonds is 10. The second kappa shape index (κ2) is 19.2. The van der Waals surface area contributed by atoms with Crippen LogP contribution in [0.4, 0.5) is 11.4 Å². The molecule has 0 saturated carbocycles. The highest BCUT2D eigenvalue weighted by atomic mass is 16.5. The summed E-state index contributed by atoms with van der Waals surface area (Å²) < 4.78 is 15.2. The number of benzene rings is 3. The fourth-order valence-electron chi connectivity index (χ4n) is 3.21. The number of aryl methyl sites for hydroxylation is 2. The van der Waals surface area contributed by atoms with Crippen molar-refractivity contribution in [1.82, 2.24) is 0 Å². The Hall–Kier alpha value is -4.00. The monoisotopic (exact) mass is 526 g/mol. The van der Waals surface area contributed by atoms with Crippen LogP contribution in [0.1, 0.15) is 39.4 Å². The van der Waals surface area contributed by atoms with Crippen LogP contribution in [0.3, 0.4) is 0 Å². The maximum absolute atomic E-state index is 12.2. The number of carbonyl (C=O) groups is 2. The van der Waals surface area contributed by atoms with E-state index in [9.17, 15) is 9.59 Å². The molecule has 3 aromatic rings. The third-order valence-electron chi connectivity index (χ3n) is 5.21. The molecule has 210 valence electrons. The van der Waals surface area contributed by atoms with Crippen LogP contribution in [0, 0.1) is 13.8 Å². The highest BCUT2D eigenvalue weighted by Gasteiger charge is 2.13. The lowest BCUT2D eigenvalue weighted by Gasteiger charge is -2.22. The van der Waals surface area contributed by atoms with Crippen molar-refractivity contribution >= 4 is 23.8 Å². The molecule has 0 aromatic heterocycles. The molecule has 0 radical (unpaired) electrons. The maximum Gasteiger partial charge on any atom is 0.293 e. The number of amides is 1. The molecule has 0 heterocycles. The highest BCUT2D eigenvalue weighted by Crippen LogP contribution is 2.31. The van der Waals surface area contributed by atoms with Crippen LogP contribution in [0.15, 0.2) is 66.7 Å². The van der Waals surface area contributed by atoms with E-state index in [1.807, 2.05) is 94.2 Å². The van der Waals surface area contributed by atoms with Crippen molar-refractivity contribution in [2.45, 2.75) is 41.5 Å². The Labute approximate surface area is 230 Å². The third-order valence-corrected chi connectivity index (χ3v) is 5.21. The van der Waals surface area contributed by atoms with E-state index in [1.165, 1.54) is 11.1 Å². The van der Waals surface area contributed by atoms with Crippen LogP contribution in [0.5, 0.6) is 11.5 Å². The Balaban J connectivity index is 0. The summed E-state index contributed by atoms with van der Waals surface area (Å²) in [6, 6.07) is 21.4. The summed E-state index contributed by atoms with van der Waals surface area (Å²) in [4.78, 5) is 23.9. The molecule has 0 aliphatic carbocycles. The Bertz CT molecular complexity index is 1070. The van der Waals surface area contributed by atoms with E-state index < -0.39 is 0 Å². The minimum Gasteiger partial charge on any atom is -0.497 e. The van der Waals surface area contributed by atoms with Gasteiger partial charge in [0.05, 0.1) is 33.1 Å². The van der Waals surface area contributed by atoms with Crippen molar-refractivity contribution < 1.29 is 25.2 Å². The molecule has 1 amide bonds. The van der Waals surface area contributed by atoms with Gasteiger partial charge in [-0.25, -0.2) is 0 Å². The SMILES string of the molecule is C.CC.COc1ccc(OC)c(N(C)CC(=O)Nc2ccc(C)cc2)c1.Cc1ccc(CCOC=O)cc1.[HH]. The van der Waals surface area contributed by atoms with Gasteiger partial charge in [-0.2, -0.15) is 0 Å². The maximum atomic E-state index is 12.2. The van der Waals surface area contributed by atoms with E-state index >= 15 is 0 Å². The van der Waals surface area contributed by atoms with E-state index in [1.54, 1.807) is 14.2 Å². The number of nitrogens with one attached hydrogen (secondary N) is 1. The Kier molecular flexibility index (Phi) is 17.1. The van der Waals surface area contributed by atoms with Gasteiger partial charge in [0.25, 0.3) is 6.47 Å². The average Bonchev–Trinajstić information content (AvgIpc) is 2.92.